The molecule has 0 spiro atoms. The minimum atomic E-state index is -0.128. The van der Waals surface area contributed by atoms with E-state index in [1.54, 1.807) is 0 Å². The normalized spacial score (nSPS) is 39.7. The molecule has 51 heavy (non-hydrogen) atoms. The summed E-state index contributed by atoms with van der Waals surface area (Å²) in [5, 5.41) is 0. The van der Waals surface area contributed by atoms with Crippen LogP contribution in [0.3, 0.4) is 0 Å². The monoisotopic (exact) mass is 701 g/mol. The van der Waals surface area contributed by atoms with Crippen LogP contribution in [-0.2, 0) is 11.3 Å². The highest BCUT2D eigenvalue weighted by molar-refractivity contribution is 5.88. The first kappa shape index (κ1) is 39.1. The largest absolute Gasteiger partial charge is 0.458 e. The molecule has 0 amide bonds. The Bertz CT molecular complexity index is 1380. The maximum absolute atomic E-state index is 13.8. The first-order valence-corrected chi connectivity index (χ1v) is 22.1. The molecule has 0 radical (unpaired) electrons. The number of ether oxygens (including phenoxy) is 1. The van der Waals surface area contributed by atoms with Gasteiger partial charge >= 0.3 is 5.97 Å². The lowest BCUT2D eigenvalue weighted by molar-refractivity contribution is -0.697. The lowest BCUT2D eigenvalue weighted by atomic mass is 9.32. The molecule has 3 heteroatoms. The van der Waals surface area contributed by atoms with Crippen LogP contribution in [0.2, 0.25) is 0 Å². The average Bonchev–Trinajstić information content (AvgIpc) is 3.45. The smallest absolute Gasteiger partial charge is 0.344 e. The van der Waals surface area contributed by atoms with E-state index in [4.69, 9.17) is 4.74 Å². The van der Waals surface area contributed by atoms with Crippen LogP contribution in [0, 0.1) is 56.7 Å². The molecule has 6 rings (SSSR count). The van der Waals surface area contributed by atoms with E-state index in [9.17, 15) is 4.79 Å². The molecule has 1 heterocycles. The highest BCUT2D eigenvalue weighted by atomic mass is 16.5. The molecular weight excluding hydrogens is 623 g/mol. The third kappa shape index (κ3) is 7.06. The molecule has 3 nitrogen and oxygen atoms in total. The Morgan fingerprint density at radius 1 is 0.784 bits per heavy atom. The molecule has 0 saturated heterocycles. The van der Waals surface area contributed by atoms with Crippen LogP contribution in [0.4, 0.5) is 0 Å². The van der Waals surface area contributed by atoms with Crippen LogP contribution < -0.4 is 4.57 Å². The van der Waals surface area contributed by atoms with Gasteiger partial charge in [0.2, 0.25) is 0 Å². The van der Waals surface area contributed by atoms with Crippen molar-refractivity contribution in [1.82, 2.24) is 0 Å². The third-order valence-electron chi connectivity index (χ3n) is 17.5. The van der Waals surface area contributed by atoms with Crippen molar-refractivity contribution < 1.29 is 14.1 Å². The van der Waals surface area contributed by atoms with Crippen molar-refractivity contribution >= 4 is 5.97 Å². The molecule has 5 aliphatic carbocycles. The molecule has 0 N–H and O–H groups in total. The van der Waals surface area contributed by atoms with Gasteiger partial charge < -0.3 is 4.74 Å². The van der Waals surface area contributed by atoms with E-state index in [1.165, 1.54) is 128 Å². The van der Waals surface area contributed by atoms with Crippen LogP contribution in [0.15, 0.2) is 36.7 Å². The van der Waals surface area contributed by atoms with Gasteiger partial charge in [0.1, 0.15) is 18.2 Å². The molecule has 286 valence electrons. The summed E-state index contributed by atoms with van der Waals surface area (Å²) in [6.45, 7) is 25.8. The van der Waals surface area contributed by atoms with Gasteiger partial charge in [0, 0.05) is 17.9 Å². The van der Waals surface area contributed by atoms with Crippen molar-refractivity contribution in [1.29, 1.82) is 0 Å². The summed E-state index contributed by atoms with van der Waals surface area (Å²) in [6.07, 6.45) is 30.7. The number of unbranched alkanes of at least 4 members (excludes halogenated alkanes) is 9. The number of aryl methyl sites for hydroxylation is 1. The molecule has 0 aliphatic heterocycles. The summed E-state index contributed by atoms with van der Waals surface area (Å²) >= 11 is 0. The predicted molar refractivity (Wildman–Crippen MR) is 212 cm³/mol. The van der Waals surface area contributed by atoms with Crippen LogP contribution in [0.5, 0.6) is 0 Å². The minimum Gasteiger partial charge on any atom is -0.458 e. The van der Waals surface area contributed by atoms with E-state index in [1.807, 2.05) is 18.3 Å². The molecule has 1 aromatic rings. The van der Waals surface area contributed by atoms with E-state index in [2.05, 4.69) is 72.7 Å². The van der Waals surface area contributed by atoms with Gasteiger partial charge in [0.25, 0.3) is 0 Å². The zero-order valence-electron chi connectivity index (χ0n) is 34.6. The lowest BCUT2D eigenvalue weighted by Crippen LogP contribution is -2.66. The molecule has 0 bridgehead atoms. The number of hydrogen-bond acceptors (Lipinski definition) is 2. The SMILES string of the molecule is C=C(C)[C@@H]1CC[C@]2(C)CC[C@]3(C)[C@H](CC[C@@H]4[C@@]5(C)CC[C@H](OC(=O)c6ccc[n+](CCCCCCCCCCCC)c6)C(C)(C)[C@@H]5CC[C@]43C)[C@@H]12. The van der Waals surface area contributed by atoms with Gasteiger partial charge in [-0.25, -0.2) is 9.36 Å². The van der Waals surface area contributed by atoms with Crippen molar-refractivity contribution in [3.63, 3.8) is 0 Å². The van der Waals surface area contributed by atoms with Crippen LogP contribution in [0.25, 0.3) is 0 Å². The molecule has 10 atom stereocenters. The van der Waals surface area contributed by atoms with Gasteiger partial charge in [-0.1, -0.05) is 112 Å². The summed E-state index contributed by atoms with van der Waals surface area (Å²) in [5.41, 5.74) is 3.69. The molecule has 1 aromatic heterocycles. The Morgan fingerprint density at radius 2 is 1.47 bits per heavy atom. The first-order valence-electron chi connectivity index (χ1n) is 22.1. The number of aromatic nitrogens is 1. The van der Waals surface area contributed by atoms with E-state index in [-0.39, 0.29) is 17.5 Å². The van der Waals surface area contributed by atoms with Gasteiger partial charge in [-0.3, -0.25) is 0 Å². The van der Waals surface area contributed by atoms with Gasteiger partial charge in [0.05, 0.1) is 0 Å². The van der Waals surface area contributed by atoms with Crippen molar-refractivity contribution in [2.24, 2.45) is 56.7 Å². The van der Waals surface area contributed by atoms with Gasteiger partial charge in [-0.05, 0) is 135 Å². The van der Waals surface area contributed by atoms with Crippen LogP contribution in [-0.4, -0.2) is 12.1 Å². The Labute approximate surface area is 314 Å². The summed E-state index contributed by atoms with van der Waals surface area (Å²) in [4.78, 5) is 13.8. The quantitative estimate of drug-likeness (QED) is 0.0837. The second-order valence-electron chi connectivity index (χ2n) is 20.6. The standard InChI is InChI=1S/C48H78NO2/c1-10-11-12-13-14-15-16-17-18-19-32-49-33-20-21-36(34-49)43(50)51-41-26-28-46(7)39(44(41,4)5)25-29-48(9)40(46)23-22-38-42-37(35(2)3)24-27-45(42,6)30-31-47(38,48)8/h20-21,33-34,37-42H,2,10-19,22-32H2,1,3-9H3/q+1/t37-,38+,39-,40+,41-,42+,45+,46-,47+,48+/m0/s1. The van der Waals surface area contributed by atoms with E-state index >= 15 is 0 Å². The Kier molecular flexibility index (Phi) is 11.7. The number of allylic oxidation sites excluding steroid dienone is 1. The van der Waals surface area contributed by atoms with Crippen molar-refractivity contribution in [3.8, 4) is 0 Å². The van der Waals surface area contributed by atoms with E-state index < -0.39 is 0 Å². The summed E-state index contributed by atoms with van der Waals surface area (Å²) in [5.74, 6) is 3.55. The number of rotatable bonds is 14. The van der Waals surface area contributed by atoms with Crippen LogP contribution >= 0.6 is 0 Å². The summed E-state index contributed by atoms with van der Waals surface area (Å²) in [7, 11) is 0. The van der Waals surface area contributed by atoms with E-state index in [0.29, 0.717) is 33.1 Å². The van der Waals surface area contributed by atoms with Crippen molar-refractivity contribution in [2.75, 3.05) is 0 Å². The molecule has 5 aliphatic rings. The Balaban J connectivity index is 1.07. The highest BCUT2D eigenvalue weighted by Gasteiger charge is 2.70. The molecule has 5 saturated carbocycles. The number of pyridine rings is 1. The Hall–Kier alpha value is -1.64. The first-order chi connectivity index (χ1) is 24.2. The molecule has 0 unspecified atom stereocenters. The van der Waals surface area contributed by atoms with E-state index in [0.717, 1.165) is 36.6 Å². The Morgan fingerprint density at radius 3 is 2.16 bits per heavy atom. The number of esters is 1. The average molecular weight is 701 g/mol. The van der Waals surface area contributed by atoms with Crippen molar-refractivity contribution in [3.05, 3.63) is 42.2 Å². The number of hydrogen-bond donors (Lipinski definition) is 0. The van der Waals surface area contributed by atoms with Crippen LogP contribution in [0.1, 0.15) is 194 Å². The fourth-order valence-corrected chi connectivity index (χ4v) is 14.4. The third-order valence-corrected chi connectivity index (χ3v) is 17.5. The second-order valence-corrected chi connectivity index (χ2v) is 20.6. The fourth-order valence-electron chi connectivity index (χ4n) is 14.4. The fraction of sp³-hybridized carbons (Fsp3) is 0.833. The van der Waals surface area contributed by atoms with Crippen molar-refractivity contribution in [2.45, 2.75) is 196 Å². The molecule has 5 fully saturated rings. The zero-order valence-corrected chi connectivity index (χ0v) is 34.6. The number of fused-ring (bicyclic) bond motifs is 7. The topological polar surface area (TPSA) is 30.2 Å². The minimum absolute atomic E-state index is 0.0276. The number of nitrogens with zero attached hydrogens (tertiary/aromatic N) is 1. The maximum Gasteiger partial charge on any atom is 0.344 e. The van der Waals surface area contributed by atoms with Gasteiger partial charge in [-0.15, -0.1) is 0 Å². The number of carbonyl (C=O) groups is 1. The predicted octanol–water partition coefficient (Wildman–Crippen LogP) is 13.1. The van der Waals surface area contributed by atoms with Gasteiger partial charge in [-0.2, -0.15) is 0 Å². The van der Waals surface area contributed by atoms with Gasteiger partial charge in [0.15, 0.2) is 12.4 Å². The zero-order chi connectivity index (χ0) is 36.7. The maximum atomic E-state index is 13.8. The summed E-state index contributed by atoms with van der Waals surface area (Å²) in [6, 6.07) is 3.99. The highest BCUT2D eigenvalue weighted by Crippen LogP contribution is 2.77. The molecule has 0 aromatic carbocycles. The lowest BCUT2D eigenvalue weighted by Gasteiger charge is -2.73. The second kappa shape index (κ2) is 15.2. The summed E-state index contributed by atoms with van der Waals surface area (Å²) < 4.78 is 8.76. The number of carbonyl (C=O) groups excluding carboxylic acids is 1. The molecular formula is C48H78NO2+.